The van der Waals surface area contributed by atoms with Gasteiger partial charge in [0.2, 0.25) is 0 Å². The van der Waals surface area contributed by atoms with Crippen LogP contribution in [0.1, 0.15) is 65.2 Å². The fraction of sp³-hybridized carbons (Fsp3) is 0.667. The van der Waals surface area contributed by atoms with Crippen LogP contribution < -0.4 is 4.74 Å². The maximum atomic E-state index is 5.71. The lowest BCUT2D eigenvalue weighted by Crippen LogP contribution is -1.97. The van der Waals surface area contributed by atoms with Gasteiger partial charge in [0.25, 0.3) is 0 Å². The van der Waals surface area contributed by atoms with Gasteiger partial charge in [-0.25, -0.2) is 0 Å². The van der Waals surface area contributed by atoms with Gasteiger partial charge in [-0.05, 0) is 36.6 Å². The topological polar surface area (TPSA) is 9.23 Å². The van der Waals surface area contributed by atoms with Crippen LogP contribution in [0.25, 0.3) is 0 Å². The second kappa shape index (κ2) is 11.2. The highest BCUT2D eigenvalue weighted by atomic mass is 79.9. The SMILES string of the molecule is CCC(C)CCCCCCCCOc1ccc(Br)cc1. The van der Waals surface area contributed by atoms with Crippen molar-refractivity contribution in [2.75, 3.05) is 6.61 Å². The van der Waals surface area contributed by atoms with Crippen molar-refractivity contribution in [3.05, 3.63) is 28.7 Å². The minimum atomic E-state index is 0.842. The van der Waals surface area contributed by atoms with E-state index in [-0.39, 0.29) is 0 Å². The standard InChI is InChI=1S/C18H29BrO/c1-3-16(2)10-8-6-4-5-7-9-15-20-18-13-11-17(19)12-14-18/h11-14,16H,3-10,15H2,1-2H3. The lowest BCUT2D eigenvalue weighted by Gasteiger charge is -2.08. The molecule has 20 heavy (non-hydrogen) atoms. The summed E-state index contributed by atoms with van der Waals surface area (Å²) in [5, 5.41) is 0. The molecule has 2 heteroatoms. The molecule has 1 rings (SSSR count). The summed E-state index contributed by atoms with van der Waals surface area (Å²) in [6.07, 6.45) is 10.7. The first-order valence-electron chi connectivity index (χ1n) is 8.10. The zero-order valence-electron chi connectivity index (χ0n) is 13.0. The quantitative estimate of drug-likeness (QED) is 0.412. The second-order valence-electron chi connectivity index (χ2n) is 5.73. The third kappa shape index (κ3) is 8.63. The van der Waals surface area contributed by atoms with E-state index < -0.39 is 0 Å². The van der Waals surface area contributed by atoms with Crippen LogP contribution in [0.4, 0.5) is 0 Å². The van der Waals surface area contributed by atoms with Gasteiger partial charge in [-0.2, -0.15) is 0 Å². The smallest absolute Gasteiger partial charge is 0.119 e. The molecule has 1 unspecified atom stereocenters. The van der Waals surface area contributed by atoms with Crippen molar-refractivity contribution in [1.82, 2.24) is 0 Å². The number of hydrogen-bond donors (Lipinski definition) is 0. The fourth-order valence-electron chi connectivity index (χ4n) is 2.23. The van der Waals surface area contributed by atoms with Crippen LogP contribution in [0.15, 0.2) is 28.7 Å². The summed E-state index contributed by atoms with van der Waals surface area (Å²) in [7, 11) is 0. The number of halogens is 1. The van der Waals surface area contributed by atoms with Crippen molar-refractivity contribution < 1.29 is 4.74 Å². The van der Waals surface area contributed by atoms with Crippen LogP contribution in [0, 0.1) is 5.92 Å². The molecule has 1 nitrogen and oxygen atoms in total. The monoisotopic (exact) mass is 340 g/mol. The van der Waals surface area contributed by atoms with E-state index in [0.29, 0.717) is 0 Å². The van der Waals surface area contributed by atoms with Crippen LogP contribution in [0.3, 0.4) is 0 Å². The van der Waals surface area contributed by atoms with Crippen molar-refractivity contribution >= 4 is 15.9 Å². The molecule has 0 saturated carbocycles. The highest BCUT2D eigenvalue weighted by Gasteiger charge is 1.98. The minimum Gasteiger partial charge on any atom is -0.494 e. The number of benzene rings is 1. The van der Waals surface area contributed by atoms with E-state index in [0.717, 1.165) is 22.7 Å². The lowest BCUT2D eigenvalue weighted by atomic mass is 10.00. The molecule has 0 amide bonds. The summed E-state index contributed by atoms with van der Waals surface area (Å²) in [4.78, 5) is 0. The maximum absolute atomic E-state index is 5.71. The van der Waals surface area contributed by atoms with Crippen molar-refractivity contribution in [1.29, 1.82) is 0 Å². The van der Waals surface area contributed by atoms with Gasteiger partial charge in [-0.1, -0.05) is 74.7 Å². The number of hydrogen-bond acceptors (Lipinski definition) is 1. The van der Waals surface area contributed by atoms with Gasteiger partial charge in [-0.3, -0.25) is 0 Å². The first kappa shape index (κ1) is 17.6. The molecule has 0 aliphatic rings. The summed E-state index contributed by atoms with van der Waals surface area (Å²) in [6.45, 7) is 5.49. The van der Waals surface area contributed by atoms with Gasteiger partial charge in [0, 0.05) is 4.47 Å². The van der Waals surface area contributed by atoms with Gasteiger partial charge < -0.3 is 4.74 Å². The normalized spacial score (nSPS) is 12.3. The van der Waals surface area contributed by atoms with Gasteiger partial charge in [-0.15, -0.1) is 0 Å². The third-order valence-corrected chi connectivity index (χ3v) is 4.40. The Kier molecular flexibility index (Phi) is 9.82. The summed E-state index contributed by atoms with van der Waals surface area (Å²) in [5.41, 5.74) is 0. The first-order chi connectivity index (χ1) is 9.72. The molecule has 0 fully saturated rings. The molecule has 0 aliphatic carbocycles. The number of unbranched alkanes of at least 4 members (excludes halogenated alkanes) is 5. The largest absolute Gasteiger partial charge is 0.494 e. The Balaban J connectivity index is 1.89. The molecule has 0 saturated heterocycles. The van der Waals surface area contributed by atoms with Crippen molar-refractivity contribution in [2.24, 2.45) is 5.92 Å². The second-order valence-corrected chi connectivity index (χ2v) is 6.64. The average Bonchev–Trinajstić information content (AvgIpc) is 2.47. The fourth-order valence-corrected chi connectivity index (χ4v) is 2.49. The summed E-state index contributed by atoms with van der Waals surface area (Å²) < 4.78 is 6.81. The van der Waals surface area contributed by atoms with Gasteiger partial charge >= 0.3 is 0 Å². The van der Waals surface area contributed by atoms with E-state index in [2.05, 4.69) is 29.8 Å². The molecule has 1 atom stereocenters. The Morgan fingerprint density at radius 1 is 0.950 bits per heavy atom. The van der Waals surface area contributed by atoms with Gasteiger partial charge in [0.05, 0.1) is 6.61 Å². The van der Waals surface area contributed by atoms with E-state index in [1.807, 2.05) is 24.3 Å². The Bertz CT molecular complexity index is 334. The predicted octanol–water partition coefficient (Wildman–Crippen LogP) is 6.60. The van der Waals surface area contributed by atoms with Crippen LogP contribution in [0.5, 0.6) is 5.75 Å². The summed E-state index contributed by atoms with van der Waals surface area (Å²) >= 11 is 3.43. The molecule has 0 aromatic heterocycles. The van der Waals surface area contributed by atoms with E-state index in [1.54, 1.807) is 0 Å². The Hall–Kier alpha value is -0.500. The molecule has 0 N–H and O–H groups in total. The Labute approximate surface area is 133 Å². The molecule has 1 aromatic carbocycles. The predicted molar refractivity (Wildman–Crippen MR) is 91.4 cm³/mol. The molecule has 0 spiro atoms. The van der Waals surface area contributed by atoms with Crippen LogP contribution in [-0.2, 0) is 0 Å². The van der Waals surface area contributed by atoms with Crippen molar-refractivity contribution in [2.45, 2.75) is 65.2 Å². The molecule has 1 aromatic rings. The average molecular weight is 341 g/mol. The zero-order chi connectivity index (χ0) is 14.6. The van der Waals surface area contributed by atoms with E-state index in [9.17, 15) is 0 Å². The maximum Gasteiger partial charge on any atom is 0.119 e. The number of rotatable bonds is 11. The van der Waals surface area contributed by atoms with Crippen molar-refractivity contribution in [3.63, 3.8) is 0 Å². The molecule has 114 valence electrons. The van der Waals surface area contributed by atoms with Crippen LogP contribution in [0.2, 0.25) is 0 Å². The summed E-state index contributed by atoms with van der Waals surface area (Å²) in [5.74, 6) is 1.89. The van der Waals surface area contributed by atoms with E-state index in [1.165, 1.54) is 51.4 Å². The Morgan fingerprint density at radius 2 is 1.55 bits per heavy atom. The van der Waals surface area contributed by atoms with Crippen LogP contribution in [-0.4, -0.2) is 6.61 Å². The molecule has 0 heterocycles. The van der Waals surface area contributed by atoms with E-state index >= 15 is 0 Å². The first-order valence-corrected chi connectivity index (χ1v) is 8.90. The Morgan fingerprint density at radius 3 is 2.20 bits per heavy atom. The van der Waals surface area contributed by atoms with E-state index in [4.69, 9.17) is 4.74 Å². The molecule has 0 radical (unpaired) electrons. The zero-order valence-corrected chi connectivity index (χ0v) is 14.6. The van der Waals surface area contributed by atoms with Crippen molar-refractivity contribution in [3.8, 4) is 5.75 Å². The summed E-state index contributed by atoms with van der Waals surface area (Å²) in [6, 6.07) is 8.07. The molecular weight excluding hydrogens is 312 g/mol. The molecule has 0 bridgehead atoms. The lowest BCUT2D eigenvalue weighted by molar-refractivity contribution is 0.304. The van der Waals surface area contributed by atoms with Gasteiger partial charge in [0.15, 0.2) is 0 Å². The molecular formula is C18H29BrO. The number of ether oxygens (including phenoxy) is 1. The van der Waals surface area contributed by atoms with Crippen LogP contribution >= 0.6 is 15.9 Å². The third-order valence-electron chi connectivity index (χ3n) is 3.87. The highest BCUT2D eigenvalue weighted by molar-refractivity contribution is 9.10. The highest BCUT2D eigenvalue weighted by Crippen LogP contribution is 2.17. The van der Waals surface area contributed by atoms with Gasteiger partial charge in [0.1, 0.15) is 5.75 Å². The minimum absolute atomic E-state index is 0.842. The molecule has 0 aliphatic heterocycles.